The Kier molecular flexibility index (Phi) is 7.02. The molecule has 2 aromatic rings. The summed E-state index contributed by atoms with van der Waals surface area (Å²) < 4.78 is 19.7. The van der Waals surface area contributed by atoms with Gasteiger partial charge in [0.05, 0.1) is 17.2 Å². The molecule has 0 bridgehead atoms. The minimum atomic E-state index is -1.55. The van der Waals surface area contributed by atoms with Gasteiger partial charge in [-0.1, -0.05) is 36.7 Å². The first-order valence-electron chi connectivity index (χ1n) is 8.17. The van der Waals surface area contributed by atoms with Crippen molar-refractivity contribution in [3.63, 3.8) is 0 Å². The first-order chi connectivity index (χ1) is 12.0. The number of benzene rings is 2. The van der Waals surface area contributed by atoms with Crippen molar-refractivity contribution in [2.24, 2.45) is 0 Å². The van der Waals surface area contributed by atoms with Gasteiger partial charge in [-0.15, -0.1) is 0 Å². The number of esters is 1. The Labute approximate surface area is 156 Å². The summed E-state index contributed by atoms with van der Waals surface area (Å²) in [6.45, 7) is 5.81. The standard InChI is InChI=1S/C19H22ClNO3S/c1-4-15-9-11-16(12-10-15)25(23)21(13-19(22)24-5-2)18-8-6-7-17(20)14(18)3/h6-12H,4-5,13H2,1-3H3. The number of hydrogen-bond acceptors (Lipinski definition) is 3. The molecular weight excluding hydrogens is 358 g/mol. The van der Waals surface area contributed by atoms with Gasteiger partial charge in [0.25, 0.3) is 0 Å². The molecule has 6 heteroatoms. The zero-order valence-corrected chi connectivity index (χ0v) is 16.2. The molecule has 0 aliphatic rings. The van der Waals surface area contributed by atoms with E-state index >= 15 is 0 Å². The number of aryl methyl sites for hydroxylation is 1. The zero-order chi connectivity index (χ0) is 18.4. The van der Waals surface area contributed by atoms with Crippen molar-refractivity contribution in [2.45, 2.75) is 32.1 Å². The van der Waals surface area contributed by atoms with Crippen LogP contribution < -0.4 is 4.31 Å². The van der Waals surface area contributed by atoms with E-state index in [4.69, 9.17) is 16.3 Å². The van der Waals surface area contributed by atoms with Crippen molar-refractivity contribution in [3.05, 3.63) is 58.6 Å². The predicted molar refractivity (Wildman–Crippen MR) is 102 cm³/mol. The zero-order valence-electron chi connectivity index (χ0n) is 14.6. The number of rotatable bonds is 7. The normalized spacial score (nSPS) is 11.8. The first-order valence-corrected chi connectivity index (χ1v) is 9.65. The van der Waals surface area contributed by atoms with Gasteiger partial charge in [0.15, 0.2) is 11.0 Å². The van der Waals surface area contributed by atoms with Crippen molar-refractivity contribution in [3.8, 4) is 0 Å². The maximum atomic E-state index is 13.1. The monoisotopic (exact) mass is 379 g/mol. The molecule has 0 amide bonds. The summed E-state index contributed by atoms with van der Waals surface area (Å²) in [6.07, 6.45) is 0.910. The molecule has 0 saturated carbocycles. The van der Waals surface area contributed by atoms with Crippen molar-refractivity contribution in [1.29, 1.82) is 0 Å². The van der Waals surface area contributed by atoms with E-state index in [1.165, 1.54) is 4.31 Å². The van der Waals surface area contributed by atoms with Crippen LogP contribution in [0.1, 0.15) is 25.0 Å². The van der Waals surface area contributed by atoms with E-state index in [0.29, 0.717) is 15.6 Å². The van der Waals surface area contributed by atoms with Crippen LogP contribution in [-0.4, -0.2) is 23.3 Å². The van der Waals surface area contributed by atoms with E-state index in [9.17, 15) is 9.00 Å². The summed E-state index contributed by atoms with van der Waals surface area (Å²) in [5.41, 5.74) is 2.59. The van der Waals surface area contributed by atoms with Crippen LogP contribution in [-0.2, 0) is 26.9 Å². The second-order valence-corrected chi connectivity index (χ2v) is 7.29. The topological polar surface area (TPSA) is 46.6 Å². The number of anilines is 1. The second kappa shape index (κ2) is 9.02. The highest BCUT2D eigenvalue weighted by atomic mass is 35.5. The average molecular weight is 380 g/mol. The number of hydrogen-bond donors (Lipinski definition) is 0. The summed E-state index contributed by atoms with van der Waals surface area (Å²) in [5.74, 6) is -0.430. The number of halogens is 1. The quantitative estimate of drug-likeness (QED) is 0.673. The van der Waals surface area contributed by atoms with Crippen LogP contribution in [0.3, 0.4) is 0 Å². The molecule has 0 fully saturated rings. The van der Waals surface area contributed by atoms with Crippen LogP contribution in [0.5, 0.6) is 0 Å². The molecule has 1 atom stereocenters. The lowest BCUT2D eigenvalue weighted by Gasteiger charge is -2.24. The average Bonchev–Trinajstić information content (AvgIpc) is 2.62. The third kappa shape index (κ3) is 4.83. The fourth-order valence-corrected chi connectivity index (χ4v) is 3.78. The number of carbonyl (C=O) groups is 1. The van der Waals surface area contributed by atoms with Crippen LogP contribution in [0.2, 0.25) is 5.02 Å². The fraction of sp³-hybridized carbons (Fsp3) is 0.316. The van der Waals surface area contributed by atoms with E-state index in [0.717, 1.165) is 17.5 Å². The van der Waals surface area contributed by atoms with E-state index in [2.05, 4.69) is 6.92 Å². The Morgan fingerprint density at radius 2 is 1.84 bits per heavy atom. The van der Waals surface area contributed by atoms with Crippen molar-refractivity contribution < 1.29 is 13.7 Å². The summed E-state index contributed by atoms with van der Waals surface area (Å²) >= 11 is 6.20. The Morgan fingerprint density at radius 1 is 1.16 bits per heavy atom. The lowest BCUT2D eigenvalue weighted by molar-refractivity contribution is -0.141. The predicted octanol–water partition coefficient (Wildman–Crippen LogP) is 4.30. The molecule has 0 aliphatic heterocycles. The molecule has 0 N–H and O–H groups in total. The summed E-state index contributed by atoms with van der Waals surface area (Å²) in [5, 5.41) is 0.560. The Morgan fingerprint density at radius 3 is 2.44 bits per heavy atom. The Bertz CT molecular complexity index is 762. The van der Waals surface area contributed by atoms with Crippen LogP contribution >= 0.6 is 11.6 Å². The first kappa shape index (κ1) is 19.5. The highest BCUT2D eigenvalue weighted by Crippen LogP contribution is 2.29. The van der Waals surface area contributed by atoms with Gasteiger partial charge in [-0.2, -0.15) is 0 Å². The number of nitrogens with zero attached hydrogens (tertiary/aromatic N) is 1. The van der Waals surface area contributed by atoms with Gasteiger partial charge < -0.3 is 4.74 Å². The van der Waals surface area contributed by atoms with Crippen LogP contribution in [0.15, 0.2) is 47.4 Å². The van der Waals surface area contributed by atoms with E-state index in [1.54, 1.807) is 25.1 Å². The third-order valence-corrected chi connectivity index (χ3v) is 5.63. The molecule has 0 spiro atoms. The van der Waals surface area contributed by atoms with Crippen molar-refractivity contribution >= 4 is 34.2 Å². The maximum absolute atomic E-state index is 13.1. The van der Waals surface area contributed by atoms with Gasteiger partial charge >= 0.3 is 5.97 Å². The molecule has 2 aromatic carbocycles. The molecule has 2 rings (SSSR count). The molecule has 0 heterocycles. The van der Waals surface area contributed by atoms with Crippen LogP contribution in [0.4, 0.5) is 5.69 Å². The van der Waals surface area contributed by atoms with Gasteiger partial charge in [0.2, 0.25) is 0 Å². The number of ether oxygens (including phenoxy) is 1. The third-order valence-electron chi connectivity index (χ3n) is 3.82. The van der Waals surface area contributed by atoms with Crippen molar-refractivity contribution in [1.82, 2.24) is 0 Å². The molecule has 0 aliphatic carbocycles. The van der Waals surface area contributed by atoms with Gasteiger partial charge in [0.1, 0.15) is 6.54 Å². The molecule has 1 unspecified atom stereocenters. The Balaban J connectivity index is 2.40. The SMILES string of the molecule is CCOC(=O)CN(c1cccc(Cl)c1C)S(=O)c1ccc(CC)cc1. The highest BCUT2D eigenvalue weighted by molar-refractivity contribution is 7.86. The summed E-state index contributed by atoms with van der Waals surface area (Å²) in [6, 6.07) is 12.9. The molecule has 0 radical (unpaired) electrons. The highest BCUT2D eigenvalue weighted by Gasteiger charge is 2.22. The molecular formula is C19H22ClNO3S. The summed E-state index contributed by atoms with van der Waals surface area (Å²) in [7, 11) is -1.55. The molecule has 25 heavy (non-hydrogen) atoms. The van der Waals surface area contributed by atoms with Gasteiger partial charge in [0, 0.05) is 5.02 Å². The largest absolute Gasteiger partial charge is 0.465 e. The Hall–Kier alpha value is -1.85. The lowest BCUT2D eigenvalue weighted by Crippen LogP contribution is -2.33. The molecule has 0 saturated heterocycles. The minimum absolute atomic E-state index is 0.114. The summed E-state index contributed by atoms with van der Waals surface area (Å²) in [4.78, 5) is 12.7. The number of carbonyl (C=O) groups excluding carboxylic acids is 1. The van der Waals surface area contributed by atoms with Gasteiger partial charge in [-0.25, -0.2) is 4.21 Å². The maximum Gasteiger partial charge on any atom is 0.326 e. The second-order valence-electron chi connectivity index (χ2n) is 5.47. The van der Waals surface area contributed by atoms with E-state index < -0.39 is 17.0 Å². The van der Waals surface area contributed by atoms with Crippen LogP contribution in [0, 0.1) is 6.92 Å². The minimum Gasteiger partial charge on any atom is -0.465 e. The fourth-order valence-electron chi connectivity index (χ4n) is 2.39. The smallest absolute Gasteiger partial charge is 0.326 e. The van der Waals surface area contributed by atoms with E-state index in [1.807, 2.05) is 31.2 Å². The van der Waals surface area contributed by atoms with Crippen LogP contribution in [0.25, 0.3) is 0 Å². The van der Waals surface area contributed by atoms with Gasteiger partial charge in [-0.05, 0) is 55.7 Å². The molecule has 4 nitrogen and oxygen atoms in total. The van der Waals surface area contributed by atoms with E-state index in [-0.39, 0.29) is 13.2 Å². The van der Waals surface area contributed by atoms with Gasteiger partial charge in [-0.3, -0.25) is 9.10 Å². The molecule has 134 valence electrons. The molecule has 0 aromatic heterocycles. The lowest BCUT2D eigenvalue weighted by atomic mass is 10.2. The van der Waals surface area contributed by atoms with Crippen molar-refractivity contribution in [2.75, 3.05) is 17.5 Å².